The highest BCUT2D eigenvalue weighted by Crippen LogP contribution is 2.27. The molecule has 3 heterocycles. The molecule has 0 aromatic carbocycles. The molecule has 3 aromatic rings. The molecule has 0 amide bonds. The molecule has 0 radical (unpaired) electrons. The van der Waals surface area contributed by atoms with E-state index in [-0.39, 0.29) is 11.5 Å². The molecule has 0 atom stereocenters. The second kappa shape index (κ2) is 4.71. The van der Waals surface area contributed by atoms with Crippen LogP contribution in [0, 0.1) is 0 Å². The fourth-order valence-electron chi connectivity index (χ4n) is 1.57. The van der Waals surface area contributed by atoms with Crippen molar-refractivity contribution in [2.75, 3.05) is 5.32 Å². The van der Waals surface area contributed by atoms with E-state index in [1.165, 1.54) is 23.5 Å². The number of nitrogens with one attached hydrogen (secondary N) is 1. The van der Waals surface area contributed by atoms with Crippen molar-refractivity contribution in [3.63, 3.8) is 0 Å². The van der Waals surface area contributed by atoms with Crippen molar-refractivity contribution in [3.8, 4) is 0 Å². The second-order valence-electron chi connectivity index (χ2n) is 3.84. The Kier molecular flexibility index (Phi) is 3.01. The quantitative estimate of drug-likeness (QED) is 0.803. The number of alkyl halides is 3. The fraction of sp³-hybridized carbons (Fsp3) is 0.200. The van der Waals surface area contributed by atoms with Gasteiger partial charge in [0.1, 0.15) is 5.82 Å². The smallest absolute Gasteiger partial charge is 0.363 e. The van der Waals surface area contributed by atoms with E-state index in [2.05, 4.69) is 25.6 Å². The minimum atomic E-state index is -4.60. The van der Waals surface area contributed by atoms with Crippen LogP contribution in [0.5, 0.6) is 0 Å². The molecule has 3 aromatic heterocycles. The highest BCUT2D eigenvalue weighted by atomic mass is 32.1. The van der Waals surface area contributed by atoms with Crippen LogP contribution < -0.4 is 5.32 Å². The molecule has 0 bridgehead atoms. The van der Waals surface area contributed by atoms with E-state index in [1.807, 2.05) is 5.38 Å². The number of anilines is 1. The van der Waals surface area contributed by atoms with Crippen LogP contribution in [-0.4, -0.2) is 24.8 Å². The van der Waals surface area contributed by atoms with Gasteiger partial charge in [0, 0.05) is 5.38 Å². The number of fused-ring (bicyclic) bond motifs is 1. The van der Waals surface area contributed by atoms with Crippen LogP contribution in [-0.2, 0) is 12.7 Å². The molecule has 20 heavy (non-hydrogen) atoms. The summed E-state index contributed by atoms with van der Waals surface area (Å²) in [5.74, 6) is -0.861. The van der Waals surface area contributed by atoms with Crippen LogP contribution in [0.3, 0.4) is 0 Å². The Morgan fingerprint density at radius 2 is 2.10 bits per heavy atom. The molecule has 0 spiro atoms. The maximum atomic E-state index is 12.7. The van der Waals surface area contributed by atoms with Gasteiger partial charge < -0.3 is 5.32 Å². The van der Waals surface area contributed by atoms with E-state index < -0.39 is 12.0 Å². The number of rotatable bonds is 3. The molecule has 0 saturated carbocycles. The van der Waals surface area contributed by atoms with Gasteiger partial charge in [-0.1, -0.05) is 0 Å². The van der Waals surface area contributed by atoms with Crippen LogP contribution in [0.2, 0.25) is 0 Å². The normalized spacial score (nSPS) is 11.9. The van der Waals surface area contributed by atoms with Crippen molar-refractivity contribution in [2.24, 2.45) is 0 Å². The van der Waals surface area contributed by atoms with E-state index in [1.54, 1.807) is 5.51 Å². The van der Waals surface area contributed by atoms with Gasteiger partial charge in [-0.05, 0) is 12.1 Å². The third-order valence-electron chi connectivity index (χ3n) is 2.45. The van der Waals surface area contributed by atoms with E-state index in [0.29, 0.717) is 11.1 Å². The summed E-state index contributed by atoms with van der Waals surface area (Å²) in [6.07, 6.45) is -4.60. The molecule has 6 nitrogen and oxygen atoms in total. The number of thiazole rings is 1. The first-order chi connectivity index (χ1) is 9.54. The molecule has 0 aliphatic carbocycles. The molecule has 1 N–H and O–H groups in total. The second-order valence-corrected chi connectivity index (χ2v) is 4.56. The molecule has 0 saturated heterocycles. The number of nitrogens with zero attached hydrogens (tertiary/aromatic N) is 5. The number of hydrogen-bond acceptors (Lipinski definition) is 6. The van der Waals surface area contributed by atoms with Gasteiger partial charge in [0.15, 0.2) is 5.65 Å². The van der Waals surface area contributed by atoms with Crippen molar-refractivity contribution in [1.82, 2.24) is 24.8 Å². The summed E-state index contributed by atoms with van der Waals surface area (Å²) >= 11 is 1.44. The Morgan fingerprint density at radius 1 is 1.25 bits per heavy atom. The van der Waals surface area contributed by atoms with Gasteiger partial charge in [-0.15, -0.1) is 26.6 Å². The van der Waals surface area contributed by atoms with E-state index in [0.717, 1.165) is 5.69 Å². The molecule has 104 valence electrons. The Bertz CT molecular complexity index is 720. The summed E-state index contributed by atoms with van der Waals surface area (Å²) < 4.78 is 38.8. The van der Waals surface area contributed by atoms with Crippen molar-refractivity contribution in [2.45, 2.75) is 12.7 Å². The molecule has 0 aliphatic heterocycles. The first kappa shape index (κ1) is 12.8. The zero-order valence-electron chi connectivity index (χ0n) is 9.79. The van der Waals surface area contributed by atoms with Gasteiger partial charge in [0.05, 0.1) is 17.7 Å². The maximum Gasteiger partial charge on any atom is 0.453 e. The molecule has 10 heteroatoms. The standard InChI is InChI=1S/C10H7F3N6S/c11-10(12,13)9-17-16-8-2-1-7(18-19(8)9)14-3-6-4-20-5-15-6/h1-2,4-5H,3H2,(H,14,18). The Hall–Kier alpha value is -2.23. The topological polar surface area (TPSA) is 68.0 Å². The average Bonchev–Trinajstić information content (AvgIpc) is 3.04. The number of aromatic nitrogens is 5. The van der Waals surface area contributed by atoms with E-state index in [9.17, 15) is 13.2 Å². The first-order valence-electron chi connectivity index (χ1n) is 5.44. The summed E-state index contributed by atoms with van der Waals surface area (Å²) in [5.41, 5.74) is 2.50. The zero-order chi connectivity index (χ0) is 14.2. The largest absolute Gasteiger partial charge is 0.453 e. The average molecular weight is 300 g/mol. The van der Waals surface area contributed by atoms with Gasteiger partial charge >= 0.3 is 6.18 Å². The summed E-state index contributed by atoms with van der Waals surface area (Å²) in [5, 5.41) is 15.1. The van der Waals surface area contributed by atoms with Gasteiger partial charge in [0.25, 0.3) is 5.82 Å². The zero-order valence-corrected chi connectivity index (χ0v) is 10.6. The maximum absolute atomic E-state index is 12.7. The minimum absolute atomic E-state index is 0.0385. The molecular weight excluding hydrogens is 293 g/mol. The molecular formula is C10H7F3N6S. The first-order valence-corrected chi connectivity index (χ1v) is 6.39. The highest BCUT2D eigenvalue weighted by Gasteiger charge is 2.37. The number of halogens is 3. The van der Waals surface area contributed by atoms with E-state index >= 15 is 0 Å². The number of hydrogen-bond donors (Lipinski definition) is 1. The summed E-state index contributed by atoms with van der Waals surface area (Å²) in [6.45, 7) is 0.380. The third kappa shape index (κ3) is 2.41. The highest BCUT2D eigenvalue weighted by molar-refractivity contribution is 7.07. The molecule has 0 fully saturated rings. The molecule has 3 rings (SSSR count). The van der Waals surface area contributed by atoms with Crippen molar-refractivity contribution < 1.29 is 13.2 Å². The predicted octanol–water partition coefficient (Wildman–Crippen LogP) is 2.21. The van der Waals surface area contributed by atoms with Gasteiger partial charge in [-0.2, -0.15) is 17.7 Å². The van der Waals surface area contributed by atoms with E-state index in [4.69, 9.17) is 0 Å². The van der Waals surface area contributed by atoms with Gasteiger partial charge in [-0.3, -0.25) is 0 Å². The van der Waals surface area contributed by atoms with Crippen LogP contribution in [0.4, 0.5) is 19.0 Å². The Balaban J connectivity index is 1.89. The monoisotopic (exact) mass is 300 g/mol. The van der Waals surface area contributed by atoms with Crippen molar-refractivity contribution in [3.05, 3.63) is 34.5 Å². The van der Waals surface area contributed by atoms with Crippen LogP contribution in [0.1, 0.15) is 11.5 Å². The molecule has 0 aliphatic rings. The predicted molar refractivity (Wildman–Crippen MR) is 65.2 cm³/mol. The van der Waals surface area contributed by atoms with Crippen LogP contribution in [0.25, 0.3) is 5.65 Å². The Morgan fingerprint density at radius 3 is 2.80 bits per heavy atom. The lowest BCUT2D eigenvalue weighted by Crippen LogP contribution is -2.13. The SMILES string of the molecule is FC(F)(F)c1nnc2ccc(NCc3cscn3)nn12. The lowest BCUT2D eigenvalue weighted by molar-refractivity contribution is -0.146. The minimum Gasteiger partial charge on any atom is -0.363 e. The summed E-state index contributed by atoms with van der Waals surface area (Å²) in [7, 11) is 0. The molecule has 0 unspecified atom stereocenters. The van der Waals surface area contributed by atoms with Gasteiger partial charge in [0.2, 0.25) is 0 Å². The van der Waals surface area contributed by atoms with Crippen molar-refractivity contribution >= 4 is 22.8 Å². The lowest BCUT2D eigenvalue weighted by Gasteiger charge is -2.06. The summed E-state index contributed by atoms with van der Waals surface area (Å²) in [4.78, 5) is 4.06. The Labute approximate surface area is 114 Å². The summed E-state index contributed by atoms with van der Waals surface area (Å²) in [6, 6.07) is 2.95. The van der Waals surface area contributed by atoms with Crippen molar-refractivity contribution in [1.29, 1.82) is 0 Å². The van der Waals surface area contributed by atoms with Crippen LogP contribution >= 0.6 is 11.3 Å². The van der Waals surface area contributed by atoms with Gasteiger partial charge in [-0.25, -0.2) is 4.98 Å². The fourth-order valence-corrected chi connectivity index (χ4v) is 2.12. The lowest BCUT2D eigenvalue weighted by atomic mass is 10.4. The third-order valence-corrected chi connectivity index (χ3v) is 3.09. The van der Waals surface area contributed by atoms with Crippen LogP contribution in [0.15, 0.2) is 23.0 Å².